The summed E-state index contributed by atoms with van der Waals surface area (Å²) in [4.78, 5) is 11.6. The molecule has 0 aliphatic carbocycles. The van der Waals surface area contributed by atoms with Crippen molar-refractivity contribution in [3.8, 4) is 0 Å². The Morgan fingerprint density at radius 1 is 1.40 bits per heavy atom. The zero-order valence-corrected chi connectivity index (χ0v) is 14.0. The minimum Gasteiger partial charge on any atom is -0.477 e. The Kier molecular flexibility index (Phi) is 5.34. The molecule has 20 heavy (non-hydrogen) atoms. The van der Waals surface area contributed by atoms with Crippen LogP contribution >= 0.6 is 11.3 Å². The quantitative estimate of drug-likeness (QED) is 0.875. The van der Waals surface area contributed by atoms with Gasteiger partial charge in [0.05, 0.1) is 4.90 Å². The summed E-state index contributed by atoms with van der Waals surface area (Å²) in [5.74, 6) is -0.710. The number of hydrogen-bond donors (Lipinski definition) is 1. The van der Waals surface area contributed by atoms with Gasteiger partial charge in [-0.15, -0.1) is 11.3 Å². The zero-order valence-electron chi connectivity index (χ0n) is 12.4. The van der Waals surface area contributed by atoms with E-state index in [9.17, 15) is 13.2 Å². The van der Waals surface area contributed by atoms with Gasteiger partial charge < -0.3 is 5.11 Å². The Hall–Kier alpha value is -0.920. The van der Waals surface area contributed by atoms with Gasteiger partial charge in [-0.25, -0.2) is 13.2 Å². The summed E-state index contributed by atoms with van der Waals surface area (Å²) >= 11 is 0.987. The lowest BCUT2D eigenvalue weighted by Crippen LogP contribution is -2.36. The fourth-order valence-electron chi connectivity index (χ4n) is 2.05. The zero-order chi connectivity index (χ0) is 15.7. The van der Waals surface area contributed by atoms with Crippen molar-refractivity contribution in [2.24, 2.45) is 5.92 Å². The molecule has 1 atom stereocenters. The largest absolute Gasteiger partial charge is 0.477 e. The van der Waals surface area contributed by atoms with Crippen LogP contribution in [0.1, 0.15) is 41.7 Å². The third kappa shape index (κ3) is 3.59. The molecule has 0 fully saturated rings. The lowest BCUT2D eigenvalue weighted by atomic mass is 10.1. The van der Waals surface area contributed by atoms with Gasteiger partial charge in [0.25, 0.3) is 0 Å². The van der Waals surface area contributed by atoms with Crippen LogP contribution in [0.3, 0.4) is 0 Å². The number of carboxylic acids is 1. The Labute approximate surface area is 124 Å². The maximum absolute atomic E-state index is 12.6. The van der Waals surface area contributed by atoms with Crippen LogP contribution in [0.5, 0.6) is 0 Å². The van der Waals surface area contributed by atoms with Crippen molar-refractivity contribution >= 4 is 27.3 Å². The predicted molar refractivity (Wildman–Crippen MR) is 79.9 cm³/mol. The first-order valence-electron chi connectivity index (χ1n) is 6.39. The van der Waals surface area contributed by atoms with Gasteiger partial charge in [-0.1, -0.05) is 13.8 Å². The van der Waals surface area contributed by atoms with Gasteiger partial charge in [0, 0.05) is 18.0 Å². The monoisotopic (exact) mass is 319 g/mol. The van der Waals surface area contributed by atoms with Gasteiger partial charge in [-0.2, -0.15) is 4.31 Å². The lowest BCUT2D eigenvalue weighted by molar-refractivity contribution is 0.0702. The molecular formula is C13H21NO4S2. The molecule has 1 aromatic rings. The molecule has 0 saturated heterocycles. The van der Waals surface area contributed by atoms with E-state index in [-0.39, 0.29) is 15.8 Å². The molecule has 0 spiro atoms. The van der Waals surface area contributed by atoms with Crippen molar-refractivity contribution in [3.63, 3.8) is 0 Å². The first kappa shape index (κ1) is 17.1. The van der Waals surface area contributed by atoms with E-state index in [1.807, 2.05) is 20.8 Å². The third-order valence-electron chi connectivity index (χ3n) is 3.17. The number of nitrogens with zero attached hydrogens (tertiary/aromatic N) is 1. The number of thiophene rings is 1. The second kappa shape index (κ2) is 6.24. The Morgan fingerprint density at radius 3 is 2.35 bits per heavy atom. The maximum atomic E-state index is 12.6. The third-order valence-corrected chi connectivity index (χ3v) is 6.44. The highest BCUT2D eigenvalue weighted by Gasteiger charge is 2.29. The molecule has 5 nitrogen and oxygen atoms in total. The minimum atomic E-state index is -3.65. The summed E-state index contributed by atoms with van der Waals surface area (Å²) < 4.78 is 26.4. The summed E-state index contributed by atoms with van der Waals surface area (Å²) in [7, 11) is -2.11. The van der Waals surface area contributed by atoms with Gasteiger partial charge in [0.2, 0.25) is 10.0 Å². The second-order valence-corrected chi connectivity index (χ2v) is 8.56. The molecule has 7 heteroatoms. The molecule has 1 rings (SSSR count). The van der Waals surface area contributed by atoms with Gasteiger partial charge in [-0.3, -0.25) is 0 Å². The normalized spacial score (nSPS) is 13.9. The maximum Gasteiger partial charge on any atom is 0.345 e. The van der Waals surface area contributed by atoms with E-state index in [0.717, 1.165) is 17.8 Å². The fourth-order valence-corrected chi connectivity index (χ4v) is 4.82. The smallest absolute Gasteiger partial charge is 0.345 e. The highest BCUT2D eigenvalue weighted by molar-refractivity contribution is 7.89. The number of rotatable bonds is 6. The van der Waals surface area contributed by atoms with Gasteiger partial charge >= 0.3 is 5.97 Å². The first-order chi connectivity index (χ1) is 9.07. The van der Waals surface area contributed by atoms with Crippen LogP contribution in [0.2, 0.25) is 0 Å². The summed E-state index contributed by atoms with van der Waals surface area (Å²) in [6.45, 7) is 7.56. The van der Waals surface area contributed by atoms with Crippen molar-refractivity contribution in [1.29, 1.82) is 0 Å². The van der Waals surface area contributed by atoms with Crippen LogP contribution in [0.25, 0.3) is 0 Å². The summed E-state index contributed by atoms with van der Waals surface area (Å²) in [6, 6.07) is 1.11. The van der Waals surface area contributed by atoms with Crippen molar-refractivity contribution in [2.45, 2.75) is 45.1 Å². The molecule has 0 amide bonds. The van der Waals surface area contributed by atoms with Crippen LogP contribution in [0.4, 0.5) is 0 Å². The summed E-state index contributed by atoms with van der Waals surface area (Å²) in [5.41, 5.74) is 0. The molecule has 1 heterocycles. The van der Waals surface area contributed by atoms with E-state index in [1.165, 1.54) is 10.4 Å². The molecule has 0 saturated carbocycles. The molecule has 114 valence electrons. The topological polar surface area (TPSA) is 74.7 Å². The molecule has 0 aromatic carbocycles. The van der Waals surface area contributed by atoms with E-state index in [4.69, 9.17) is 5.11 Å². The Morgan fingerprint density at radius 2 is 1.95 bits per heavy atom. The number of carboxylic acid groups (broad SMARTS) is 1. The van der Waals surface area contributed by atoms with E-state index < -0.39 is 16.0 Å². The van der Waals surface area contributed by atoms with Crippen molar-refractivity contribution in [1.82, 2.24) is 4.31 Å². The average Bonchev–Trinajstić information content (AvgIpc) is 2.70. The number of aromatic carboxylic acids is 1. The molecule has 0 aliphatic heterocycles. The van der Waals surface area contributed by atoms with Gasteiger partial charge in [0.15, 0.2) is 0 Å². The number of sulfonamides is 1. The van der Waals surface area contributed by atoms with Crippen molar-refractivity contribution < 1.29 is 18.3 Å². The van der Waals surface area contributed by atoms with E-state index in [2.05, 4.69) is 0 Å². The van der Waals surface area contributed by atoms with E-state index >= 15 is 0 Å². The summed E-state index contributed by atoms with van der Waals surface area (Å²) in [5, 5.41) is 8.96. The highest BCUT2D eigenvalue weighted by Crippen LogP contribution is 2.29. The van der Waals surface area contributed by atoms with Crippen LogP contribution in [0, 0.1) is 12.8 Å². The van der Waals surface area contributed by atoms with Crippen LogP contribution in [0.15, 0.2) is 11.0 Å². The molecule has 1 aromatic heterocycles. The predicted octanol–water partition coefficient (Wildman–Crippen LogP) is 2.81. The van der Waals surface area contributed by atoms with Crippen LogP contribution in [-0.2, 0) is 10.0 Å². The Bertz CT molecular complexity index is 590. The fraction of sp³-hybridized carbons (Fsp3) is 0.615. The standard InChI is InChI=1S/C13H21NO4S2/c1-8(2)6-9(3)14(5)20(17,18)12-7-11(13(15)16)19-10(12)4/h7-9H,6H2,1-5H3,(H,15,16). The number of carbonyl (C=O) groups is 1. The molecule has 0 bridgehead atoms. The van der Waals surface area contributed by atoms with Gasteiger partial charge in [0.1, 0.15) is 4.88 Å². The molecular weight excluding hydrogens is 298 g/mol. The highest BCUT2D eigenvalue weighted by atomic mass is 32.2. The van der Waals surface area contributed by atoms with Gasteiger partial charge in [-0.05, 0) is 32.3 Å². The molecule has 0 aliphatic rings. The van der Waals surface area contributed by atoms with Crippen molar-refractivity contribution in [2.75, 3.05) is 7.05 Å². The molecule has 0 radical (unpaired) electrons. The Balaban J connectivity index is 3.13. The molecule has 1 unspecified atom stereocenters. The molecule has 1 N–H and O–H groups in total. The number of hydrogen-bond acceptors (Lipinski definition) is 4. The average molecular weight is 319 g/mol. The second-order valence-electron chi connectivity index (χ2n) is 5.34. The number of aryl methyl sites for hydroxylation is 1. The lowest BCUT2D eigenvalue weighted by Gasteiger charge is -2.25. The minimum absolute atomic E-state index is 0.0472. The van der Waals surface area contributed by atoms with Crippen LogP contribution < -0.4 is 0 Å². The van der Waals surface area contributed by atoms with E-state index in [1.54, 1.807) is 14.0 Å². The van der Waals surface area contributed by atoms with Crippen LogP contribution in [-0.4, -0.2) is 36.9 Å². The SMILES string of the molecule is Cc1sc(C(=O)O)cc1S(=O)(=O)N(C)C(C)CC(C)C. The first-order valence-corrected chi connectivity index (χ1v) is 8.64. The van der Waals surface area contributed by atoms with Crippen molar-refractivity contribution in [3.05, 3.63) is 15.8 Å². The summed E-state index contributed by atoms with van der Waals surface area (Å²) in [6.07, 6.45) is 0.755. The van der Waals surface area contributed by atoms with E-state index in [0.29, 0.717) is 10.8 Å².